The van der Waals surface area contributed by atoms with Crippen LogP contribution in [0, 0.1) is 5.92 Å². The van der Waals surface area contributed by atoms with Gasteiger partial charge in [-0.2, -0.15) is 0 Å². The molecule has 13 nitrogen and oxygen atoms in total. The fourth-order valence-electron chi connectivity index (χ4n) is 7.52. The van der Waals surface area contributed by atoms with Gasteiger partial charge >= 0.3 is 11.9 Å². The highest BCUT2D eigenvalue weighted by atomic mass is 35.5. The number of carbonyl (C=O) groups excluding carboxylic acids is 3. The Bertz CT molecular complexity index is 1790. The number of ether oxygens (including phenoxy) is 4. The molecule has 5 rings (SSSR count). The van der Waals surface area contributed by atoms with Gasteiger partial charge in [0.2, 0.25) is 5.91 Å². The third-order valence-electron chi connectivity index (χ3n) is 10.1. The molecule has 2 aliphatic rings. The number of nitrogens with zero attached hydrogens (tertiary/aromatic N) is 5. The Hall–Kier alpha value is -4.46. The monoisotopic (exact) mass is 792 g/mol. The Balaban J connectivity index is 1.24. The summed E-state index contributed by atoms with van der Waals surface area (Å²) in [4.78, 5) is 53.9. The summed E-state index contributed by atoms with van der Waals surface area (Å²) in [7, 11) is 5.01. The average molecular weight is 793 g/mol. The van der Waals surface area contributed by atoms with Crippen LogP contribution in [0.5, 0.6) is 11.5 Å². The molecule has 304 valence electrons. The van der Waals surface area contributed by atoms with Crippen LogP contribution < -0.4 is 24.6 Å². The maximum Gasteiger partial charge on any atom is 0.320 e. The van der Waals surface area contributed by atoms with Crippen molar-refractivity contribution in [1.82, 2.24) is 20.2 Å². The number of esters is 2. The van der Waals surface area contributed by atoms with E-state index < -0.39 is 11.6 Å². The molecule has 56 heavy (non-hydrogen) atoms. The third kappa shape index (κ3) is 11.3. The zero-order valence-corrected chi connectivity index (χ0v) is 34.7. The maximum absolute atomic E-state index is 13.9. The largest absolute Gasteiger partial charge is 0.493 e. The van der Waals surface area contributed by atoms with E-state index in [9.17, 15) is 14.4 Å². The van der Waals surface area contributed by atoms with E-state index in [1.165, 1.54) is 7.11 Å². The van der Waals surface area contributed by atoms with E-state index in [1.54, 1.807) is 24.4 Å². The van der Waals surface area contributed by atoms with Crippen molar-refractivity contribution in [2.75, 3.05) is 63.8 Å². The molecule has 1 aromatic heterocycles. The summed E-state index contributed by atoms with van der Waals surface area (Å²) >= 11 is 6.28. The van der Waals surface area contributed by atoms with Crippen molar-refractivity contribution in [2.24, 2.45) is 5.92 Å². The first-order chi connectivity index (χ1) is 26.6. The number of nitrogens with one attached hydrogen (secondary N) is 1. The first-order valence-electron chi connectivity index (χ1n) is 19.4. The molecule has 0 bridgehead atoms. The Morgan fingerprint density at radius 1 is 1.00 bits per heavy atom. The van der Waals surface area contributed by atoms with Crippen LogP contribution in [0.2, 0.25) is 5.02 Å². The number of methoxy groups -OCH3 is 2. The molecule has 1 N–H and O–H groups in total. The lowest BCUT2D eigenvalue weighted by atomic mass is 9.85. The number of amides is 1. The Morgan fingerprint density at radius 2 is 1.71 bits per heavy atom. The van der Waals surface area contributed by atoms with Crippen LogP contribution in [0.4, 0.5) is 11.6 Å². The molecule has 14 heteroatoms. The van der Waals surface area contributed by atoms with E-state index in [0.717, 1.165) is 48.9 Å². The zero-order chi connectivity index (χ0) is 40.6. The minimum atomic E-state index is -0.536. The van der Waals surface area contributed by atoms with Crippen LogP contribution in [0.25, 0.3) is 0 Å². The molecule has 1 aliphatic carbocycles. The van der Waals surface area contributed by atoms with E-state index >= 15 is 0 Å². The number of hydrogen-bond acceptors (Lipinski definition) is 12. The molecule has 3 aromatic rings. The molecule has 1 fully saturated rings. The lowest BCUT2D eigenvalue weighted by Gasteiger charge is -2.38. The molecule has 1 atom stereocenters. The van der Waals surface area contributed by atoms with Gasteiger partial charge in [0.25, 0.3) is 0 Å². The summed E-state index contributed by atoms with van der Waals surface area (Å²) in [5.74, 6) is 2.09. The Morgan fingerprint density at radius 3 is 2.32 bits per heavy atom. The number of aromatic nitrogens is 2. The van der Waals surface area contributed by atoms with Gasteiger partial charge in [0.05, 0.1) is 58.3 Å². The second-order valence-electron chi connectivity index (χ2n) is 15.9. The van der Waals surface area contributed by atoms with Gasteiger partial charge < -0.3 is 29.2 Å². The predicted molar refractivity (Wildman–Crippen MR) is 217 cm³/mol. The minimum Gasteiger partial charge on any atom is -0.493 e. The quantitative estimate of drug-likeness (QED) is 0.135. The van der Waals surface area contributed by atoms with Gasteiger partial charge in [-0.15, -0.1) is 0 Å². The fraction of sp³-hybridized carbons (Fsp3) is 0.548. The molecule has 0 unspecified atom stereocenters. The van der Waals surface area contributed by atoms with Crippen LogP contribution in [0.3, 0.4) is 0 Å². The van der Waals surface area contributed by atoms with E-state index in [-0.39, 0.29) is 49.5 Å². The van der Waals surface area contributed by atoms with E-state index in [4.69, 9.17) is 40.5 Å². The van der Waals surface area contributed by atoms with Gasteiger partial charge in [-0.25, -0.2) is 9.97 Å². The first-order valence-corrected chi connectivity index (χ1v) is 19.7. The molecule has 0 radical (unpaired) electrons. The van der Waals surface area contributed by atoms with Gasteiger partial charge in [0, 0.05) is 37.7 Å². The normalized spacial score (nSPS) is 18.4. The molecule has 1 aliphatic heterocycles. The molecular formula is C42H57ClN6O7. The summed E-state index contributed by atoms with van der Waals surface area (Å²) < 4.78 is 22.2. The van der Waals surface area contributed by atoms with Crippen molar-refractivity contribution in [2.45, 2.75) is 90.5 Å². The zero-order valence-electron chi connectivity index (χ0n) is 34.0. The number of carbonyl (C=O) groups is 3. The number of rotatable bonds is 16. The van der Waals surface area contributed by atoms with Crippen molar-refractivity contribution in [3.05, 3.63) is 70.5 Å². The Kier molecular flexibility index (Phi) is 14.6. The lowest BCUT2D eigenvalue weighted by molar-refractivity contribution is -0.153. The molecule has 1 saturated carbocycles. The van der Waals surface area contributed by atoms with Crippen LogP contribution in [0.1, 0.15) is 83.0 Å². The number of fused-ring (bicyclic) bond motifs is 1. The predicted octanol–water partition coefficient (Wildman–Crippen LogP) is 6.01. The van der Waals surface area contributed by atoms with Gasteiger partial charge in [-0.3, -0.25) is 24.2 Å². The highest BCUT2D eigenvalue weighted by Crippen LogP contribution is 2.43. The Labute approximate surface area is 336 Å². The van der Waals surface area contributed by atoms with Gasteiger partial charge in [0.1, 0.15) is 11.4 Å². The van der Waals surface area contributed by atoms with E-state index in [2.05, 4.69) is 15.1 Å². The summed E-state index contributed by atoms with van der Waals surface area (Å²) in [6.07, 6.45) is 7.35. The van der Waals surface area contributed by atoms with Crippen molar-refractivity contribution in [3.8, 4) is 11.5 Å². The van der Waals surface area contributed by atoms with Gasteiger partial charge in [-0.1, -0.05) is 23.7 Å². The molecule has 0 spiro atoms. The van der Waals surface area contributed by atoms with Crippen LogP contribution in [0.15, 0.2) is 48.8 Å². The summed E-state index contributed by atoms with van der Waals surface area (Å²) in [6.45, 7) is 11.7. The van der Waals surface area contributed by atoms with Gasteiger partial charge in [-0.05, 0) is 107 Å². The molecule has 2 aromatic carbocycles. The second-order valence-corrected chi connectivity index (χ2v) is 16.3. The van der Waals surface area contributed by atoms with Crippen molar-refractivity contribution in [1.29, 1.82) is 0 Å². The summed E-state index contributed by atoms with van der Waals surface area (Å²) in [6, 6.07) is 11.1. The molecule has 1 amide bonds. The highest BCUT2D eigenvalue weighted by Gasteiger charge is 2.37. The van der Waals surface area contributed by atoms with E-state index in [1.807, 2.05) is 78.1 Å². The second kappa shape index (κ2) is 19.1. The lowest BCUT2D eigenvalue weighted by Crippen LogP contribution is -2.46. The molecular weight excluding hydrogens is 736 g/mol. The van der Waals surface area contributed by atoms with Crippen molar-refractivity contribution in [3.63, 3.8) is 0 Å². The van der Waals surface area contributed by atoms with Crippen molar-refractivity contribution >= 4 is 41.1 Å². The fourth-order valence-corrected chi connectivity index (χ4v) is 7.64. The minimum absolute atomic E-state index is 0.0741. The standard InChI is InChI=1S/C42H57ClN6O7/c1-27(2)55-35-21-33-30(19-34(35)53-7)20-38(50)49(41(33)29-11-13-31(43)14-12-29)37-23-45-36(22-46-37)47(6)25-28-9-15-32(16-10-28)48(26-40(52)54-8)18-17-44-24-39(51)56-42(3,4)5/h11-14,19,21-23,27-28,32,41,44H,9-10,15-18,20,24-26H2,1-8H3/t28?,32?,41-/m0/s1. The smallest absolute Gasteiger partial charge is 0.320 e. The van der Waals surface area contributed by atoms with E-state index in [0.29, 0.717) is 47.2 Å². The topological polar surface area (TPSA) is 136 Å². The van der Waals surface area contributed by atoms with Crippen LogP contribution in [-0.2, 0) is 30.3 Å². The number of halogens is 1. The molecule has 0 saturated heterocycles. The van der Waals surface area contributed by atoms with Crippen molar-refractivity contribution < 1.29 is 33.3 Å². The third-order valence-corrected chi connectivity index (χ3v) is 10.3. The SMILES string of the molecule is COC(=O)CN(CCNCC(=O)OC(C)(C)C)C1CCC(CN(C)c2cnc(N3C(=O)Cc4cc(OC)c(OC(C)C)cc4[C@@H]3c3ccc(Cl)cc3)cn2)CC1. The maximum atomic E-state index is 13.9. The van der Waals surface area contributed by atoms with Crippen LogP contribution >= 0.6 is 11.6 Å². The number of anilines is 2. The summed E-state index contributed by atoms with van der Waals surface area (Å²) in [5.41, 5.74) is 2.13. The highest BCUT2D eigenvalue weighted by molar-refractivity contribution is 6.30. The first kappa shape index (κ1) is 42.7. The average Bonchev–Trinajstić information content (AvgIpc) is 3.15. The van der Waals surface area contributed by atoms with Crippen LogP contribution in [-0.4, -0.2) is 104 Å². The van der Waals surface area contributed by atoms with Gasteiger partial charge in [0.15, 0.2) is 17.3 Å². The molecule has 2 heterocycles. The number of benzene rings is 2. The summed E-state index contributed by atoms with van der Waals surface area (Å²) in [5, 5.41) is 3.76. The number of hydrogen-bond donors (Lipinski definition) is 1.